The van der Waals surface area contributed by atoms with Crippen LogP contribution in [0, 0.1) is 11.8 Å². The third kappa shape index (κ3) is 10.5. The standard InChI is InChI=1S/C33H47N3O9/c1-9-14-44-36-25-18-24-29(38)23(31(25)43-10-2)15-19(3)16-27(42-8)28(37)21(5)17-22(6)30(45-33(34)40)26(41-7)13-11-12-20(4)32(39)35-24/h9,11-13,17-19,21,26-28,30,37H,1,10,14-16H2,2-8H3,(H2,34,40)(H,35,39)/b13-11-,20-12+,22-17+,36-25-/t19-,21+,26+,27+,28-,30+/m1/s1. The van der Waals surface area contributed by atoms with Crippen LogP contribution in [0.2, 0.25) is 0 Å². The smallest absolute Gasteiger partial charge is 0.405 e. The molecule has 0 aromatic heterocycles. The van der Waals surface area contributed by atoms with Crippen LogP contribution in [0.5, 0.6) is 0 Å². The predicted octanol–water partition coefficient (Wildman–Crippen LogP) is 3.79. The van der Waals surface area contributed by atoms with Crippen molar-refractivity contribution in [2.75, 3.05) is 27.4 Å². The van der Waals surface area contributed by atoms with E-state index < -0.39 is 48.1 Å². The zero-order valence-corrected chi connectivity index (χ0v) is 27.2. The molecule has 0 spiro atoms. The number of nitrogens with one attached hydrogen (secondary N) is 1. The van der Waals surface area contributed by atoms with Gasteiger partial charge < -0.3 is 39.9 Å². The first kappa shape index (κ1) is 37.2. The fourth-order valence-electron chi connectivity index (χ4n) is 5.10. The van der Waals surface area contributed by atoms with Crippen molar-refractivity contribution in [2.24, 2.45) is 22.7 Å². The SMILES string of the molecule is C=CCO/N=C1/C=C2NC(=O)/C(C)=C/C=C\[C@H](OC)[C@@H](OC(N)=O)/C(C)=C/[C@H](C)[C@@H](O)[C@@H](OC)C[C@H](C)CC(=C1OCC)C2=O. The van der Waals surface area contributed by atoms with Gasteiger partial charge in [0.05, 0.1) is 24.5 Å². The number of hydrogen-bond acceptors (Lipinski definition) is 10. The van der Waals surface area contributed by atoms with E-state index in [1.807, 2.05) is 13.8 Å². The summed E-state index contributed by atoms with van der Waals surface area (Å²) in [6.07, 6.45) is 5.82. The van der Waals surface area contributed by atoms with Gasteiger partial charge in [0.2, 0.25) is 5.78 Å². The summed E-state index contributed by atoms with van der Waals surface area (Å²) in [4.78, 5) is 44.1. The highest BCUT2D eigenvalue weighted by Gasteiger charge is 2.34. The average Bonchev–Trinajstić information content (AvgIpc) is 2.99. The number of allylic oxidation sites excluding steroid dienone is 4. The first-order chi connectivity index (χ1) is 21.4. The minimum atomic E-state index is -0.993. The van der Waals surface area contributed by atoms with Crippen LogP contribution in [0.4, 0.5) is 4.79 Å². The Kier molecular flexibility index (Phi) is 14.9. The molecular weight excluding hydrogens is 582 g/mol. The molecule has 2 rings (SSSR count). The van der Waals surface area contributed by atoms with Crippen molar-refractivity contribution in [3.8, 4) is 0 Å². The maximum Gasteiger partial charge on any atom is 0.405 e. The molecule has 2 aliphatic rings. The van der Waals surface area contributed by atoms with Gasteiger partial charge in [-0.3, -0.25) is 9.59 Å². The second kappa shape index (κ2) is 18.1. The number of rotatable bonds is 8. The molecule has 2 bridgehead atoms. The Balaban J connectivity index is 2.70. The van der Waals surface area contributed by atoms with E-state index in [1.165, 1.54) is 32.4 Å². The number of ketones is 1. The van der Waals surface area contributed by atoms with E-state index in [4.69, 9.17) is 29.5 Å². The van der Waals surface area contributed by atoms with Crippen LogP contribution in [0.3, 0.4) is 0 Å². The number of Topliss-reactive ketones (excluding diaryl/α,β-unsaturated/α-hetero) is 1. The molecule has 45 heavy (non-hydrogen) atoms. The van der Waals surface area contributed by atoms with E-state index >= 15 is 0 Å². The Morgan fingerprint density at radius 3 is 2.53 bits per heavy atom. The van der Waals surface area contributed by atoms with E-state index in [1.54, 1.807) is 39.0 Å². The lowest BCUT2D eigenvalue weighted by Crippen LogP contribution is -2.37. The normalized spacial score (nSPS) is 31.1. The summed E-state index contributed by atoms with van der Waals surface area (Å²) < 4.78 is 22.6. The summed E-state index contributed by atoms with van der Waals surface area (Å²) in [5.74, 6) is -1.31. The van der Waals surface area contributed by atoms with Crippen LogP contribution in [0.25, 0.3) is 0 Å². The van der Waals surface area contributed by atoms with Crippen molar-refractivity contribution in [3.63, 3.8) is 0 Å². The quantitative estimate of drug-likeness (QED) is 0.157. The molecule has 0 radical (unpaired) electrons. The molecule has 12 nitrogen and oxygen atoms in total. The molecule has 12 heteroatoms. The molecule has 0 aromatic carbocycles. The highest BCUT2D eigenvalue weighted by Crippen LogP contribution is 2.30. The molecule has 248 valence electrons. The third-order valence-electron chi connectivity index (χ3n) is 7.40. The Hall–Kier alpha value is -4.00. The van der Waals surface area contributed by atoms with E-state index in [0.29, 0.717) is 17.6 Å². The van der Waals surface area contributed by atoms with Crippen LogP contribution in [0.1, 0.15) is 47.5 Å². The third-order valence-corrected chi connectivity index (χ3v) is 7.40. The number of aliphatic hydroxyl groups is 1. The van der Waals surface area contributed by atoms with Crippen molar-refractivity contribution in [3.05, 3.63) is 71.2 Å². The lowest BCUT2D eigenvalue weighted by atomic mass is 9.85. The van der Waals surface area contributed by atoms with Crippen LogP contribution in [-0.2, 0) is 33.4 Å². The van der Waals surface area contributed by atoms with Crippen LogP contribution < -0.4 is 11.1 Å². The number of hydrogen-bond donors (Lipinski definition) is 3. The first-order valence-electron chi connectivity index (χ1n) is 14.9. The van der Waals surface area contributed by atoms with Crippen molar-refractivity contribution in [2.45, 2.75) is 71.9 Å². The molecule has 1 aliphatic heterocycles. The Labute approximate surface area is 265 Å². The van der Waals surface area contributed by atoms with E-state index in [2.05, 4.69) is 17.1 Å². The summed E-state index contributed by atoms with van der Waals surface area (Å²) in [5, 5.41) is 18.2. The highest BCUT2D eigenvalue weighted by atomic mass is 16.6. The Morgan fingerprint density at radius 1 is 1.22 bits per heavy atom. The number of carbonyl (C=O) groups is 3. The topological polar surface area (TPSA) is 168 Å². The van der Waals surface area contributed by atoms with Crippen LogP contribution >= 0.6 is 0 Å². The van der Waals surface area contributed by atoms with Gasteiger partial charge in [0.15, 0.2) is 11.9 Å². The summed E-state index contributed by atoms with van der Waals surface area (Å²) >= 11 is 0. The van der Waals surface area contributed by atoms with E-state index in [0.717, 1.165) is 0 Å². The number of amides is 2. The van der Waals surface area contributed by atoms with Gasteiger partial charge in [0.1, 0.15) is 18.4 Å². The van der Waals surface area contributed by atoms with Crippen molar-refractivity contribution >= 4 is 23.5 Å². The number of ether oxygens (including phenoxy) is 4. The summed E-state index contributed by atoms with van der Waals surface area (Å²) in [6.45, 7) is 12.9. The number of oxime groups is 1. The summed E-state index contributed by atoms with van der Waals surface area (Å²) in [5.41, 5.74) is 6.80. The zero-order valence-electron chi connectivity index (χ0n) is 27.2. The molecule has 1 aliphatic carbocycles. The number of methoxy groups -OCH3 is 2. The molecule has 4 N–H and O–H groups in total. The molecule has 0 unspecified atom stereocenters. The van der Waals surface area contributed by atoms with Gasteiger partial charge in [-0.1, -0.05) is 56.0 Å². The Bertz CT molecular complexity index is 1280. The largest absolute Gasteiger partial charge is 0.491 e. The van der Waals surface area contributed by atoms with Gasteiger partial charge in [-0.25, -0.2) is 4.79 Å². The molecule has 2 amide bonds. The second-order valence-electron chi connectivity index (χ2n) is 11.0. The van der Waals surface area contributed by atoms with Gasteiger partial charge in [-0.05, 0) is 51.2 Å². The fourth-order valence-corrected chi connectivity index (χ4v) is 5.10. The lowest BCUT2D eigenvalue weighted by Gasteiger charge is -2.30. The lowest BCUT2D eigenvalue weighted by molar-refractivity contribution is -0.119. The van der Waals surface area contributed by atoms with Gasteiger partial charge in [0.25, 0.3) is 5.91 Å². The Morgan fingerprint density at radius 2 is 1.93 bits per heavy atom. The minimum Gasteiger partial charge on any atom is -0.491 e. The number of fused-ring (bicyclic) bond motifs is 2. The number of nitrogens with two attached hydrogens (primary N) is 1. The molecule has 0 fully saturated rings. The van der Waals surface area contributed by atoms with Crippen molar-refractivity contribution < 1.29 is 43.3 Å². The second-order valence-corrected chi connectivity index (χ2v) is 11.0. The van der Waals surface area contributed by atoms with Gasteiger partial charge in [-0.2, -0.15) is 0 Å². The number of nitrogens with zero attached hydrogens (tertiary/aromatic N) is 1. The molecule has 0 saturated carbocycles. The summed E-state index contributed by atoms with van der Waals surface area (Å²) in [7, 11) is 2.95. The molecule has 6 atom stereocenters. The molecule has 1 heterocycles. The maximum atomic E-state index is 13.8. The van der Waals surface area contributed by atoms with Crippen LogP contribution in [0.15, 0.2) is 76.4 Å². The fraction of sp³-hybridized carbons (Fsp3) is 0.515. The van der Waals surface area contributed by atoms with Crippen molar-refractivity contribution in [1.29, 1.82) is 0 Å². The predicted molar refractivity (Wildman–Crippen MR) is 170 cm³/mol. The van der Waals surface area contributed by atoms with Crippen LogP contribution in [-0.4, -0.2) is 80.5 Å². The minimum absolute atomic E-state index is 0.00251. The van der Waals surface area contributed by atoms with Crippen molar-refractivity contribution in [1.82, 2.24) is 5.32 Å². The highest BCUT2D eigenvalue weighted by molar-refractivity contribution is 6.24. The summed E-state index contributed by atoms with van der Waals surface area (Å²) in [6, 6.07) is 0. The molecular formula is C33H47N3O9. The first-order valence-corrected chi connectivity index (χ1v) is 14.9. The van der Waals surface area contributed by atoms with Gasteiger partial charge in [-0.15, -0.1) is 0 Å². The number of primary amides is 1. The number of aliphatic hydroxyl groups excluding tert-OH is 1. The van der Waals surface area contributed by atoms with Gasteiger partial charge >= 0.3 is 6.09 Å². The number of carbonyl (C=O) groups excluding carboxylic acids is 3. The molecule has 0 saturated heterocycles. The monoisotopic (exact) mass is 629 g/mol. The average molecular weight is 630 g/mol. The molecule has 0 aromatic rings. The maximum absolute atomic E-state index is 13.8. The van der Waals surface area contributed by atoms with Gasteiger partial charge in [0, 0.05) is 31.3 Å². The van der Waals surface area contributed by atoms with E-state index in [9.17, 15) is 19.5 Å². The zero-order chi connectivity index (χ0) is 33.7. The van der Waals surface area contributed by atoms with E-state index in [-0.39, 0.29) is 48.3 Å².